The van der Waals surface area contributed by atoms with Crippen molar-refractivity contribution in [1.82, 2.24) is 0 Å². The number of hydrogen-bond acceptors (Lipinski definition) is 4. The zero-order valence-electron chi connectivity index (χ0n) is 12.7. The number of benzene rings is 1. The Morgan fingerprint density at radius 1 is 1.33 bits per heavy atom. The largest absolute Gasteiger partial charge is 0.465 e. The Morgan fingerprint density at radius 2 is 2.10 bits per heavy atom. The molecule has 4 nitrogen and oxygen atoms in total. The molecule has 1 aromatic rings. The second kappa shape index (κ2) is 4.95. The van der Waals surface area contributed by atoms with Gasteiger partial charge in [-0.2, -0.15) is 0 Å². The quantitative estimate of drug-likeness (QED) is 0.784. The van der Waals surface area contributed by atoms with Gasteiger partial charge in [-0.15, -0.1) is 0 Å². The Bertz CT molecular complexity index is 632. The Balaban J connectivity index is 1.95. The molecule has 0 fully saturated rings. The van der Waals surface area contributed by atoms with Gasteiger partial charge in [-0.25, -0.2) is 0 Å². The lowest BCUT2D eigenvalue weighted by Gasteiger charge is -2.22. The van der Waals surface area contributed by atoms with E-state index < -0.39 is 0 Å². The first kappa shape index (κ1) is 14.3. The van der Waals surface area contributed by atoms with Gasteiger partial charge in [0, 0.05) is 17.9 Å². The minimum Gasteiger partial charge on any atom is -0.465 e. The van der Waals surface area contributed by atoms with Crippen LogP contribution >= 0.6 is 0 Å². The normalized spacial score (nSPS) is 23.7. The van der Waals surface area contributed by atoms with E-state index in [9.17, 15) is 9.59 Å². The van der Waals surface area contributed by atoms with E-state index in [0.29, 0.717) is 13.2 Å². The summed E-state index contributed by atoms with van der Waals surface area (Å²) in [5, 5.41) is 0. The third kappa shape index (κ3) is 2.48. The van der Waals surface area contributed by atoms with Gasteiger partial charge in [0.25, 0.3) is 0 Å². The second-order valence-electron chi connectivity index (χ2n) is 6.53. The van der Waals surface area contributed by atoms with Crippen molar-refractivity contribution < 1.29 is 19.1 Å². The van der Waals surface area contributed by atoms with Crippen LogP contribution in [0.3, 0.4) is 0 Å². The fraction of sp³-hybridized carbons (Fsp3) is 0.529. The van der Waals surface area contributed by atoms with Crippen molar-refractivity contribution in [3.63, 3.8) is 0 Å². The van der Waals surface area contributed by atoms with Crippen LogP contribution in [0.25, 0.3) is 0 Å². The highest BCUT2D eigenvalue weighted by atomic mass is 16.5. The fourth-order valence-corrected chi connectivity index (χ4v) is 3.56. The molecule has 0 saturated carbocycles. The molecule has 4 heteroatoms. The first-order chi connectivity index (χ1) is 9.89. The summed E-state index contributed by atoms with van der Waals surface area (Å²) >= 11 is 0. The number of hydrogen-bond donors (Lipinski definition) is 0. The Labute approximate surface area is 124 Å². The summed E-state index contributed by atoms with van der Waals surface area (Å²) in [6.07, 6.45) is 1.72. The molecule has 0 amide bonds. The van der Waals surface area contributed by atoms with E-state index in [1.165, 1.54) is 18.1 Å². The van der Waals surface area contributed by atoms with Crippen LogP contribution in [-0.4, -0.2) is 25.0 Å². The van der Waals surface area contributed by atoms with Crippen LogP contribution in [0.4, 0.5) is 0 Å². The Morgan fingerprint density at radius 3 is 2.81 bits per heavy atom. The van der Waals surface area contributed by atoms with Crippen molar-refractivity contribution in [2.75, 3.05) is 13.2 Å². The summed E-state index contributed by atoms with van der Waals surface area (Å²) in [5.74, 6) is -0.170. The van der Waals surface area contributed by atoms with Gasteiger partial charge in [-0.1, -0.05) is 13.0 Å². The maximum atomic E-state index is 12.1. The van der Waals surface area contributed by atoms with Gasteiger partial charge >= 0.3 is 5.97 Å². The van der Waals surface area contributed by atoms with Crippen molar-refractivity contribution in [3.05, 3.63) is 33.9 Å². The third-order valence-electron chi connectivity index (χ3n) is 4.50. The van der Waals surface area contributed by atoms with Gasteiger partial charge in [0.2, 0.25) is 0 Å². The van der Waals surface area contributed by atoms with Crippen LogP contribution in [0.2, 0.25) is 0 Å². The minimum atomic E-state index is -0.244. The SMILES string of the molecule is CC(=O)OC[C@]1(C)Cc2cc3c(c(C)c2C1)C(=O)COC3. The molecule has 1 heterocycles. The first-order valence-corrected chi connectivity index (χ1v) is 7.28. The molecule has 2 aliphatic rings. The van der Waals surface area contributed by atoms with Gasteiger partial charge in [0.15, 0.2) is 5.78 Å². The molecule has 1 aliphatic carbocycles. The fourth-order valence-electron chi connectivity index (χ4n) is 3.56. The lowest BCUT2D eigenvalue weighted by Crippen LogP contribution is -2.25. The zero-order valence-corrected chi connectivity index (χ0v) is 12.7. The Hall–Kier alpha value is -1.68. The first-order valence-electron chi connectivity index (χ1n) is 7.28. The number of ketones is 1. The van der Waals surface area contributed by atoms with Crippen LogP contribution in [0.1, 0.15) is 46.5 Å². The summed E-state index contributed by atoms with van der Waals surface area (Å²) in [4.78, 5) is 23.1. The standard InChI is InChI=1S/C17H20O4/c1-10-14-6-17(3,9-21-11(2)18)5-12(14)4-13-7-20-8-15(19)16(10)13/h4H,5-9H2,1-3H3/t17-/m1/s1. The summed E-state index contributed by atoms with van der Waals surface area (Å²) in [5.41, 5.74) is 5.36. The predicted octanol–water partition coefficient (Wildman–Crippen LogP) is 2.38. The molecule has 1 aliphatic heterocycles. The molecule has 1 aromatic carbocycles. The number of carbonyl (C=O) groups excluding carboxylic acids is 2. The number of rotatable bonds is 2. The molecular formula is C17H20O4. The molecule has 0 bridgehead atoms. The highest BCUT2D eigenvalue weighted by Crippen LogP contribution is 2.41. The predicted molar refractivity (Wildman–Crippen MR) is 77.3 cm³/mol. The maximum Gasteiger partial charge on any atom is 0.302 e. The molecule has 0 N–H and O–H groups in total. The van der Waals surface area contributed by atoms with Crippen LogP contribution in [0.15, 0.2) is 6.07 Å². The van der Waals surface area contributed by atoms with Gasteiger partial charge in [0.1, 0.15) is 6.61 Å². The van der Waals surface area contributed by atoms with E-state index in [1.807, 2.05) is 6.92 Å². The van der Waals surface area contributed by atoms with Crippen molar-refractivity contribution in [2.45, 2.75) is 40.2 Å². The van der Waals surface area contributed by atoms with E-state index in [4.69, 9.17) is 9.47 Å². The smallest absolute Gasteiger partial charge is 0.302 e. The van der Waals surface area contributed by atoms with Gasteiger partial charge in [0.05, 0.1) is 13.2 Å². The van der Waals surface area contributed by atoms with E-state index in [0.717, 1.165) is 29.5 Å². The summed E-state index contributed by atoms with van der Waals surface area (Å²) in [6.45, 7) is 6.70. The molecular weight excluding hydrogens is 268 g/mol. The molecule has 21 heavy (non-hydrogen) atoms. The monoisotopic (exact) mass is 288 g/mol. The third-order valence-corrected chi connectivity index (χ3v) is 4.50. The molecule has 3 rings (SSSR count). The van der Waals surface area contributed by atoms with Gasteiger partial charge < -0.3 is 9.47 Å². The van der Waals surface area contributed by atoms with Crippen LogP contribution in [-0.2, 0) is 33.7 Å². The van der Waals surface area contributed by atoms with Crippen molar-refractivity contribution >= 4 is 11.8 Å². The minimum absolute atomic E-state index is 0.0742. The van der Waals surface area contributed by atoms with Crippen LogP contribution < -0.4 is 0 Å². The summed E-state index contributed by atoms with van der Waals surface area (Å²) in [7, 11) is 0. The van der Waals surface area contributed by atoms with Crippen LogP contribution in [0.5, 0.6) is 0 Å². The van der Waals surface area contributed by atoms with Crippen molar-refractivity contribution in [3.8, 4) is 0 Å². The average molecular weight is 288 g/mol. The van der Waals surface area contributed by atoms with E-state index in [2.05, 4.69) is 13.0 Å². The summed E-state index contributed by atoms with van der Waals surface area (Å²) in [6, 6.07) is 2.10. The van der Waals surface area contributed by atoms with E-state index in [1.54, 1.807) is 0 Å². The lowest BCUT2D eigenvalue weighted by atomic mass is 9.87. The second-order valence-corrected chi connectivity index (χ2v) is 6.53. The highest BCUT2D eigenvalue weighted by molar-refractivity contribution is 6.01. The van der Waals surface area contributed by atoms with E-state index >= 15 is 0 Å². The molecule has 0 saturated heterocycles. The highest BCUT2D eigenvalue weighted by Gasteiger charge is 2.37. The lowest BCUT2D eigenvalue weighted by molar-refractivity contribution is -0.144. The molecule has 0 aromatic heterocycles. The topological polar surface area (TPSA) is 52.6 Å². The molecule has 0 radical (unpaired) electrons. The zero-order chi connectivity index (χ0) is 15.2. The average Bonchev–Trinajstić information content (AvgIpc) is 2.74. The molecule has 1 atom stereocenters. The molecule has 0 unspecified atom stereocenters. The molecule has 112 valence electrons. The number of esters is 1. The number of carbonyl (C=O) groups is 2. The number of Topliss-reactive ketones (excluding diaryl/α,β-unsaturated/α-hetero) is 1. The maximum absolute atomic E-state index is 12.1. The summed E-state index contributed by atoms with van der Waals surface area (Å²) < 4.78 is 10.6. The van der Waals surface area contributed by atoms with E-state index in [-0.39, 0.29) is 23.8 Å². The van der Waals surface area contributed by atoms with Crippen LogP contribution in [0, 0.1) is 12.3 Å². The van der Waals surface area contributed by atoms with Gasteiger partial charge in [-0.05, 0) is 42.0 Å². The van der Waals surface area contributed by atoms with Crippen molar-refractivity contribution in [2.24, 2.45) is 5.41 Å². The van der Waals surface area contributed by atoms with Crippen molar-refractivity contribution in [1.29, 1.82) is 0 Å². The Kier molecular flexibility index (Phi) is 3.36. The van der Waals surface area contributed by atoms with Gasteiger partial charge in [-0.3, -0.25) is 9.59 Å². The number of ether oxygens (including phenoxy) is 2. The number of fused-ring (bicyclic) bond motifs is 2. The molecule has 0 spiro atoms.